The number of hydrogen-bond acceptors (Lipinski definition) is 9. The summed E-state index contributed by atoms with van der Waals surface area (Å²) in [5.74, 6) is 0.699. The zero-order valence-corrected chi connectivity index (χ0v) is 25.0. The number of fused-ring (bicyclic) bond motifs is 1. The predicted molar refractivity (Wildman–Crippen MR) is 157 cm³/mol. The van der Waals surface area contributed by atoms with Crippen molar-refractivity contribution < 1.29 is 28.2 Å². The molecule has 2 aromatic heterocycles. The largest absolute Gasteiger partial charge is 0.496 e. The minimum Gasteiger partial charge on any atom is -0.496 e. The van der Waals surface area contributed by atoms with E-state index in [0.717, 1.165) is 5.56 Å². The third-order valence-electron chi connectivity index (χ3n) is 6.50. The summed E-state index contributed by atoms with van der Waals surface area (Å²) in [6.07, 6.45) is 1.65. The lowest BCUT2D eigenvalue weighted by Gasteiger charge is -2.25. The van der Waals surface area contributed by atoms with E-state index in [1.54, 1.807) is 69.5 Å². The highest BCUT2D eigenvalue weighted by Crippen LogP contribution is 2.35. The second kappa shape index (κ2) is 11.7. The molecule has 0 fully saturated rings. The molecule has 3 heterocycles. The van der Waals surface area contributed by atoms with Crippen LogP contribution >= 0.6 is 27.3 Å². The van der Waals surface area contributed by atoms with Crippen LogP contribution < -0.4 is 19.6 Å². The Labute approximate surface area is 247 Å². The van der Waals surface area contributed by atoms with E-state index >= 15 is 0 Å². The van der Waals surface area contributed by atoms with E-state index in [1.165, 1.54) is 23.0 Å². The molecule has 1 aliphatic rings. The van der Waals surface area contributed by atoms with Crippen LogP contribution in [0.15, 0.2) is 84.5 Å². The maximum Gasteiger partial charge on any atom is 0.338 e. The lowest BCUT2D eigenvalue weighted by molar-refractivity contribution is -0.139. The van der Waals surface area contributed by atoms with Crippen LogP contribution in [0.5, 0.6) is 5.75 Å². The molecule has 4 aromatic rings. The summed E-state index contributed by atoms with van der Waals surface area (Å²) >= 11 is 4.72. The van der Waals surface area contributed by atoms with Gasteiger partial charge in [-0.15, -0.1) is 0 Å². The summed E-state index contributed by atoms with van der Waals surface area (Å²) in [5, 5.41) is 0. The van der Waals surface area contributed by atoms with Crippen molar-refractivity contribution in [2.75, 3.05) is 20.8 Å². The van der Waals surface area contributed by atoms with Gasteiger partial charge in [-0.3, -0.25) is 9.36 Å². The summed E-state index contributed by atoms with van der Waals surface area (Å²) in [5.41, 5.74) is 2.33. The first-order chi connectivity index (χ1) is 19.7. The summed E-state index contributed by atoms with van der Waals surface area (Å²) in [7, 11) is 2.89. The molecule has 1 atom stereocenters. The maximum absolute atomic E-state index is 13.8. The third kappa shape index (κ3) is 5.42. The fourth-order valence-electron chi connectivity index (χ4n) is 4.56. The zero-order valence-electron chi connectivity index (χ0n) is 22.6. The van der Waals surface area contributed by atoms with Crippen LogP contribution in [0.4, 0.5) is 0 Å². The quantitative estimate of drug-likeness (QED) is 0.272. The standard InChI is InChI=1S/C30H25BrN2O7S/c1-5-39-29(36)25-16(2)32-30-33(26(25)19-10-12-23(37-3)21(31)14-19)27(34)24(41-30)15-20-11-13-22(40-20)17-6-8-18(9-7-17)28(35)38-4/h6-15,26H,5H2,1-4H3/b24-15+. The number of nitrogens with zero attached hydrogens (tertiary/aromatic N) is 2. The van der Waals surface area contributed by atoms with Crippen LogP contribution in [0.1, 0.15) is 41.6 Å². The first kappa shape index (κ1) is 28.3. The summed E-state index contributed by atoms with van der Waals surface area (Å²) in [6, 6.07) is 15.0. The lowest BCUT2D eigenvalue weighted by Crippen LogP contribution is -2.39. The second-order valence-electron chi connectivity index (χ2n) is 8.97. The number of carbonyl (C=O) groups excluding carboxylic acids is 2. The lowest BCUT2D eigenvalue weighted by atomic mass is 9.96. The van der Waals surface area contributed by atoms with E-state index in [1.807, 2.05) is 12.1 Å². The number of ether oxygens (including phenoxy) is 3. The number of rotatable bonds is 7. The molecule has 2 aromatic carbocycles. The molecular formula is C30H25BrN2O7S. The van der Waals surface area contributed by atoms with Gasteiger partial charge in [-0.05, 0) is 71.7 Å². The fourth-order valence-corrected chi connectivity index (χ4v) is 6.15. The van der Waals surface area contributed by atoms with Gasteiger partial charge in [0, 0.05) is 11.6 Å². The van der Waals surface area contributed by atoms with E-state index in [0.29, 0.717) is 53.5 Å². The van der Waals surface area contributed by atoms with Gasteiger partial charge in [0.05, 0.1) is 52.7 Å². The van der Waals surface area contributed by atoms with Gasteiger partial charge < -0.3 is 18.6 Å². The van der Waals surface area contributed by atoms with Crippen LogP contribution in [0, 0.1) is 0 Å². The number of benzene rings is 2. The molecule has 0 aliphatic carbocycles. The van der Waals surface area contributed by atoms with Crippen molar-refractivity contribution in [1.82, 2.24) is 4.57 Å². The number of furan rings is 1. The number of hydrogen-bond donors (Lipinski definition) is 0. The van der Waals surface area contributed by atoms with Gasteiger partial charge >= 0.3 is 11.9 Å². The molecule has 1 unspecified atom stereocenters. The van der Waals surface area contributed by atoms with Crippen molar-refractivity contribution in [3.8, 4) is 17.1 Å². The molecule has 0 N–H and O–H groups in total. The molecule has 0 saturated heterocycles. The molecule has 0 radical (unpaired) electrons. The van der Waals surface area contributed by atoms with E-state index in [-0.39, 0.29) is 12.2 Å². The second-order valence-corrected chi connectivity index (χ2v) is 10.8. The van der Waals surface area contributed by atoms with Gasteiger partial charge in [0.1, 0.15) is 17.3 Å². The number of esters is 2. The molecule has 5 rings (SSSR count). The van der Waals surface area contributed by atoms with Crippen LogP contribution in [-0.2, 0) is 14.3 Å². The SMILES string of the molecule is CCOC(=O)C1=C(C)N=c2s/c(=C/c3ccc(-c4ccc(C(=O)OC)cc4)o3)c(=O)n2C1c1ccc(OC)c(Br)c1. The summed E-state index contributed by atoms with van der Waals surface area (Å²) < 4.78 is 24.1. The minimum atomic E-state index is -0.754. The highest BCUT2D eigenvalue weighted by atomic mass is 79.9. The van der Waals surface area contributed by atoms with Gasteiger partial charge in [0.2, 0.25) is 0 Å². The Bertz CT molecular complexity index is 1870. The van der Waals surface area contributed by atoms with Crippen LogP contribution in [-0.4, -0.2) is 37.3 Å². The van der Waals surface area contributed by atoms with Gasteiger partial charge in [-0.25, -0.2) is 14.6 Å². The molecule has 0 amide bonds. The average Bonchev–Trinajstić information content (AvgIpc) is 3.56. The molecule has 1 aliphatic heterocycles. The number of thiazole rings is 1. The third-order valence-corrected chi connectivity index (χ3v) is 8.10. The fraction of sp³-hybridized carbons (Fsp3) is 0.200. The Morgan fingerprint density at radius 2 is 1.85 bits per heavy atom. The van der Waals surface area contributed by atoms with Crippen LogP contribution in [0.25, 0.3) is 17.4 Å². The molecule has 41 heavy (non-hydrogen) atoms. The Morgan fingerprint density at radius 1 is 1.10 bits per heavy atom. The molecule has 0 bridgehead atoms. The molecule has 9 nitrogen and oxygen atoms in total. The van der Waals surface area contributed by atoms with E-state index in [2.05, 4.69) is 20.9 Å². The monoisotopic (exact) mass is 636 g/mol. The smallest absolute Gasteiger partial charge is 0.338 e. The molecule has 11 heteroatoms. The first-order valence-electron chi connectivity index (χ1n) is 12.6. The summed E-state index contributed by atoms with van der Waals surface area (Å²) in [4.78, 5) is 43.7. The van der Waals surface area contributed by atoms with Crippen LogP contribution in [0.3, 0.4) is 0 Å². The Hall–Kier alpha value is -4.22. The average molecular weight is 638 g/mol. The van der Waals surface area contributed by atoms with Crippen molar-refractivity contribution in [2.24, 2.45) is 4.99 Å². The van der Waals surface area contributed by atoms with Gasteiger partial charge in [0.25, 0.3) is 5.56 Å². The zero-order chi connectivity index (χ0) is 29.3. The number of halogens is 1. The Balaban J connectivity index is 1.59. The minimum absolute atomic E-state index is 0.186. The van der Waals surface area contributed by atoms with E-state index in [9.17, 15) is 14.4 Å². The topological polar surface area (TPSA) is 109 Å². The Morgan fingerprint density at radius 3 is 2.51 bits per heavy atom. The molecule has 0 spiro atoms. The Kier molecular flexibility index (Phi) is 8.09. The number of aromatic nitrogens is 1. The van der Waals surface area contributed by atoms with Crippen molar-refractivity contribution in [3.63, 3.8) is 0 Å². The number of carbonyl (C=O) groups is 2. The van der Waals surface area contributed by atoms with Crippen LogP contribution in [0.2, 0.25) is 0 Å². The first-order valence-corrected chi connectivity index (χ1v) is 14.2. The number of allylic oxidation sites excluding steroid dienone is 1. The van der Waals surface area contributed by atoms with Crippen molar-refractivity contribution >= 4 is 45.3 Å². The van der Waals surface area contributed by atoms with Crippen molar-refractivity contribution in [1.29, 1.82) is 0 Å². The molecule has 210 valence electrons. The van der Waals surface area contributed by atoms with E-state index in [4.69, 9.17) is 18.6 Å². The van der Waals surface area contributed by atoms with Crippen molar-refractivity contribution in [2.45, 2.75) is 19.9 Å². The predicted octanol–water partition coefficient (Wildman–Crippen LogP) is 4.62. The molecule has 0 saturated carbocycles. The highest BCUT2D eigenvalue weighted by molar-refractivity contribution is 9.10. The van der Waals surface area contributed by atoms with Crippen molar-refractivity contribution in [3.05, 3.63) is 107 Å². The maximum atomic E-state index is 13.8. The normalized spacial score (nSPS) is 14.9. The summed E-state index contributed by atoms with van der Waals surface area (Å²) in [6.45, 7) is 3.65. The molecular weight excluding hydrogens is 612 g/mol. The van der Waals surface area contributed by atoms with Gasteiger partial charge in [-0.2, -0.15) is 0 Å². The number of methoxy groups -OCH3 is 2. The van der Waals surface area contributed by atoms with Gasteiger partial charge in [-0.1, -0.05) is 29.5 Å². The van der Waals surface area contributed by atoms with Gasteiger partial charge in [0.15, 0.2) is 4.80 Å². The highest BCUT2D eigenvalue weighted by Gasteiger charge is 2.33. The van der Waals surface area contributed by atoms with E-state index < -0.39 is 18.0 Å².